The lowest BCUT2D eigenvalue weighted by molar-refractivity contribution is -0.0689. The van der Waals surface area contributed by atoms with E-state index in [-0.39, 0.29) is 5.78 Å². The van der Waals surface area contributed by atoms with E-state index in [1.165, 1.54) is 6.92 Å². The first kappa shape index (κ1) is 20.9. The van der Waals surface area contributed by atoms with E-state index in [2.05, 4.69) is 0 Å². The molecule has 0 saturated carbocycles. The predicted molar refractivity (Wildman–Crippen MR) is 118 cm³/mol. The van der Waals surface area contributed by atoms with Crippen LogP contribution in [0.15, 0.2) is 72.8 Å². The van der Waals surface area contributed by atoms with Crippen molar-refractivity contribution in [2.75, 3.05) is 0 Å². The zero-order valence-electron chi connectivity index (χ0n) is 17.9. The minimum absolute atomic E-state index is 0.294. The van der Waals surface area contributed by atoms with Crippen LogP contribution >= 0.6 is 0 Å². The van der Waals surface area contributed by atoms with Crippen LogP contribution in [0.4, 0.5) is 0 Å². The van der Waals surface area contributed by atoms with Gasteiger partial charge >= 0.3 is 0 Å². The molecule has 0 bridgehead atoms. The van der Waals surface area contributed by atoms with Gasteiger partial charge in [0.15, 0.2) is 17.3 Å². The largest absolute Gasteiger partial charge is 0.485 e. The highest BCUT2D eigenvalue weighted by atomic mass is 16.7. The quantitative estimate of drug-likeness (QED) is 0.531. The molecule has 160 valence electrons. The Morgan fingerprint density at radius 3 is 2.32 bits per heavy atom. The zero-order valence-corrected chi connectivity index (χ0v) is 17.9. The summed E-state index contributed by atoms with van der Waals surface area (Å²) in [5.41, 5.74) is 0.661. The van der Waals surface area contributed by atoms with Crippen molar-refractivity contribution in [1.82, 2.24) is 0 Å². The van der Waals surface area contributed by atoms with Gasteiger partial charge in [-0.05, 0) is 31.0 Å². The number of carbonyl (C=O) groups is 1. The van der Waals surface area contributed by atoms with Crippen molar-refractivity contribution in [3.63, 3.8) is 0 Å². The van der Waals surface area contributed by atoms with Gasteiger partial charge < -0.3 is 19.3 Å². The molecular formula is C26H26O5. The summed E-state index contributed by atoms with van der Waals surface area (Å²) in [5.74, 6) is -0.193. The summed E-state index contributed by atoms with van der Waals surface area (Å²) in [7, 11) is 0. The summed E-state index contributed by atoms with van der Waals surface area (Å²) < 4.78 is 18.5. The monoisotopic (exact) mass is 418 g/mol. The third-order valence-corrected chi connectivity index (χ3v) is 5.60. The number of ether oxygens (including phenoxy) is 3. The molecule has 2 unspecified atom stereocenters. The van der Waals surface area contributed by atoms with Crippen molar-refractivity contribution in [1.29, 1.82) is 0 Å². The molecule has 0 amide bonds. The minimum Gasteiger partial charge on any atom is -0.485 e. The topological polar surface area (TPSA) is 65.0 Å². The average molecular weight is 418 g/mol. The van der Waals surface area contributed by atoms with Gasteiger partial charge in [0.1, 0.15) is 12.2 Å². The summed E-state index contributed by atoms with van der Waals surface area (Å²) >= 11 is 0. The first-order chi connectivity index (χ1) is 14.8. The highest BCUT2D eigenvalue weighted by Gasteiger charge is 2.42. The lowest BCUT2D eigenvalue weighted by atomic mass is 9.92. The van der Waals surface area contributed by atoms with Gasteiger partial charge in [-0.3, -0.25) is 4.79 Å². The Kier molecular flexibility index (Phi) is 5.46. The zero-order chi connectivity index (χ0) is 22.1. The van der Waals surface area contributed by atoms with E-state index in [1.54, 1.807) is 19.1 Å². The Bertz CT molecular complexity index is 1080. The molecule has 31 heavy (non-hydrogen) atoms. The molecule has 0 spiro atoms. The summed E-state index contributed by atoms with van der Waals surface area (Å²) in [4.78, 5) is 13.0. The Balaban J connectivity index is 1.72. The molecule has 0 aliphatic carbocycles. The van der Waals surface area contributed by atoms with E-state index < -0.39 is 11.4 Å². The summed E-state index contributed by atoms with van der Waals surface area (Å²) in [6, 6.07) is 22.6. The highest BCUT2D eigenvalue weighted by Crippen LogP contribution is 2.50. The molecule has 1 heterocycles. The molecule has 2 atom stereocenters. The van der Waals surface area contributed by atoms with Crippen LogP contribution in [-0.2, 0) is 12.4 Å². The predicted octanol–water partition coefficient (Wildman–Crippen LogP) is 5.25. The molecule has 3 aromatic carbocycles. The molecule has 1 aliphatic heterocycles. The van der Waals surface area contributed by atoms with Crippen molar-refractivity contribution in [3.05, 3.63) is 89.5 Å². The summed E-state index contributed by atoms with van der Waals surface area (Å²) in [5, 5.41) is 10.5. The van der Waals surface area contributed by atoms with Gasteiger partial charge in [0.2, 0.25) is 5.75 Å². The van der Waals surface area contributed by atoms with Gasteiger partial charge in [-0.1, -0.05) is 67.6 Å². The average Bonchev–Trinajstić information content (AvgIpc) is 3.15. The first-order valence-electron chi connectivity index (χ1n) is 10.4. The number of carbonyl (C=O) groups excluding carboxylic acids is 1. The number of aliphatic hydroxyl groups is 1. The van der Waals surface area contributed by atoms with Crippen molar-refractivity contribution >= 4 is 5.78 Å². The fourth-order valence-corrected chi connectivity index (χ4v) is 3.48. The van der Waals surface area contributed by atoms with Crippen molar-refractivity contribution in [2.24, 2.45) is 0 Å². The van der Waals surface area contributed by atoms with Gasteiger partial charge in [0.05, 0.1) is 0 Å². The van der Waals surface area contributed by atoms with Crippen molar-refractivity contribution in [2.45, 2.75) is 45.2 Å². The number of benzene rings is 3. The van der Waals surface area contributed by atoms with Crippen LogP contribution in [0, 0.1) is 0 Å². The second-order valence-electron chi connectivity index (χ2n) is 8.05. The molecule has 5 heteroatoms. The van der Waals surface area contributed by atoms with E-state index in [0.717, 1.165) is 11.1 Å². The first-order valence-corrected chi connectivity index (χ1v) is 10.4. The number of Topliss-reactive ketones (excluding diaryl/α,β-unsaturated/α-hetero) is 1. The van der Waals surface area contributed by atoms with Crippen LogP contribution in [0.3, 0.4) is 0 Å². The second-order valence-corrected chi connectivity index (χ2v) is 8.05. The summed E-state index contributed by atoms with van der Waals surface area (Å²) in [6.07, 6.45) is 0.294. The highest BCUT2D eigenvalue weighted by molar-refractivity contribution is 6.03. The molecule has 0 aromatic heterocycles. The van der Waals surface area contributed by atoms with E-state index >= 15 is 0 Å². The molecule has 0 radical (unpaired) electrons. The van der Waals surface area contributed by atoms with Gasteiger partial charge in [0, 0.05) is 18.1 Å². The van der Waals surface area contributed by atoms with Crippen molar-refractivity contribution in [3.8, 4) is 17.2 Å². The van der Waals surface area contributed by atoms with Crippen LogP contribution in [0.5, 0.6) is 17.2 Å². The van der Waals surface area contributed by atoms with Crippen LogP contribution in [0.2, 0.25) is 0 Å². The summed E-state index contributed by atoms with van der Waals surface area (Å²) in [6.45, 7) is 5.41. The third kappa shape index (κ3) is 4.14. The number of ketones is 1. The smallest absolute Gasteiger partial charge is 0.275 e. The van der Waals surface area contributed by atoms with Crippen LogP contribution in [-0.4, -0.2) is 16.5 Å². The van der Waals surface area contributed by atoms with E-state index in [4.69, 9.17) is 14.2 Å². The molecular weight excluding hydrogens is 392 g/mol. The number of hydrogen-bond donors (Lipinski definition) is 1. The maximum atomic E-state index is 13.0. The Hall–Kier alpha value is -3.31. The normalized spacial score (nSPS) is 19.0. The molecule has 1 aliphatic rings. The molecule has 5 nitrogen and oxygen atoms in total. The maximum Gasteiger partial charge on any atom is 0.275 e. The van der Waals surface area contributed by atoms with E-state index in [1.807, 2.05) is 67.6 Å². The third-order valence-electron chi connectivity index (χ3n) is 5.60. The fraction of sp³-hybridized carbons (Fsp3) is 0.269. The Labute approximate surface area is 182 Å². The molecule has 4 rings (SSSR count). The molecule has 0 saturated heterocycles. The lowest BCUT2D eigenvalue weighted by Crippen LogP contribution is -2.34. The number of fused-ring (bicyclic) bond motifs is 1. The van der Waals surface area contributed by atoms with Gasteiger partial charge in [-0.25, -0.2) is 0 Å². The van der Waals surface area contributed by atoms with Gasteiger partial charge in [0.25, 0.3) is 5.79 Å². The van der Waals surface area contributed by atoms with Crippen molar-refractivity contribution < 1.29 is 24.1 Å². The minimum atomic E-state index is -1.48. The molecule has 1 N–H and O–H groups in total. The molecule has 3 aromatic rings. The van der Waals surface area contributed by atoms with E-state index in [9.17, 15) is 9.90 Å². The lowest BCUT2D eigenvalue weighted by Gasteiger charge is -2.23. The fourth-order valence-electron chi connectivity index (χ4n) is 3.48. The van der Waals surface area contributed by atoms with Gasteiger partial charge in [-0.2, -0.15) is 0 Å². The Morgan fingerprint density at radius 2 is 1.68 bits per heavy atom. The van der Waals surface area contributed by atoms with E-state index in [0.29, 0.717) is 35.8 Å². The van der Waals surface area contributed by atoms with Gasteiger partial charge in [-0.15, -0.1) is 0 Å². The van der Waals surface area contributed by atoms with Crippen LogP contribution in [0.25, 0.3) is 0 Å². The number of hydrogen-bond acceptors (Lipinski definition) is 5. The second kappa shape index (κ2) is 8.08. The standard InChI is InChI=1S/C26H26O5/c1-4-25(2,28)24(27)19-15-21(29-17-18-11-7-5-8-12-18)23-22(16-19)30-26(3,31-23)20-13-9-6-10-14-20/h5-16,28H,4,17H2,1-3H3. The molecule has 0 fully saturated rings. The van der Waals surface area contributed by atoms with Crippen LogP contribution in [0.1, 0.15) is 48.7 Å². The Morgan fingerprint density at radius 1 is 1.03 bits per heavy atom. The number of rotatable bonds is 7. The van der Waals surface area contributed by atoms with Crippen LogP contribution < -0.4 is 14.2 Å². The maximum absolute atomic E-state index is 13.0. The SMILES string of the molecule is CCC(C)(O)C(=O)c1cc(OCc2ccccc2)c2c(c1)OC(C)(c1ccccc1)O2.